The van der Waals surface area contributed by atoms with Crippen LogP contribution in [0.3, 0.4) is 0 Å². The van der Waals surface area contributed by atoms with Crippen molar-refractivity contribution < 1.29 is 14.7 Å². The molecule has 2 rings (SSSR count). The van der Waals surface area contributed by atoms with Crippen LogP contribution in [0.5, 0.6) is 0 Å². The van der Waals surface area contributed by atoms with Crippen LogP contribution in [-0.4, -0.2) is 29.9 Å². The van der Waals surface area contributed by atoms with Crippen LogP contribution in [-0.2, 0) is 0 Å². The molecule has 0 atom stereocenters. The van der Waals surface area contributed by atoms with E-state index in [1.165, 1.54) is 0 Å². The molecule has 0 bridgehead atoms. The van der Waals surface area contributed by atoms with Crippen LogP contribution in [0.1, 0.15) is 46.5 Å². The average Bonchev–Trinajstić information content (AvgIpc) is 2.60. The Hall–Kier alpha value is -2.46. The fourth-order valence-electron chi connectivity index (χ4n) is 2.43. The Bertz CT molecular complexity index is 708. The lowest BCUT2D eigenvalue weighted by Gasteiger charge is -2.24. The standard InChI is InChI=1S/C20H23NO3/c1-20(2,12-13-22)14-21-19(24)17-11-7-6-10-16(17)18(23)15-8-4-3-5-9-15/h3-11,22H,12-14H2,1-2H3,(H,21,24). The maximum Gasteiger partial charge on any atom is 0.252 e. The number of carbonyl (C=O) groups is 2. The first-order chi connectivity index (χ1) is 11.4. The molecule has 4 nitrogen and oxygen atoms in total. The summed E-state index contributed by atoms with van der Waals surface area (Å²) < 4.78 is 0. The van der Waals surface area contributed by atoms with E-state index in [1.807, 2.05) is 19.9 Å². The van der Waals surface area contributed by atoms with Gasteiger partial charge in [-0.2, -0.15) is 0 Å². The number of nitrogens with one attached hydrogen (secondary N) is 1. The molecule has 2 aromatic carbocycles. The number of rotatable bonds is 7. The number of aliphatic hydroxyl groups excluding tert-OH is 1. The lowest BCUT2D eigenvalue weighted by Crippen LogP contribution is -2.35. The van der Waals surface area contributed by atoms with Crippen molar-refractivity contribution in [1.29, 1.82) is 0 Å². The van der Waals surface area contributed by atoms with Crippen molar-refractivity contribution in [2.24, 2.45) is 5.41 Å². The normalized spacial score (nSPS) is 11.1. The van der Waals surface area contributed by atoms with Crippen molar-refractivity contribution in [3.05, 3.63) is 71.3 Å². The summed E-state index contributed by atoms with van der Waals surface area (Å²) in [4.78, 5) is 25.2. The quantitative estimate of drug-likeness (QED) is 0.769. The molecule has 0 saturated carbocycles. The maximum absolute atomic E-state index is 12.7. The van der Waals surface area contributed by atoms with E-state index in [9.17, 15) is 9.59 Å². The Morgan fingerprint density at radius 1 is 0.958 bits per heavy atom. The fraction of sp³-hybridized carbons (Fsp3) is 0.300. The first-order valence-corrected chi connectivity index (χ1v) is 8.02. The molecule has 0 aromatic heterocycles. The largest absolute Gasteiger partial charge is 0.396 e. The number of benzene rings is 2. The summed E-state index contributed by atoms with van der Waals surface area (Å²) >= 11 is 0. The zero-order valence-corrected chi connectivity index (χ0v) is 14.1. The summed E-state index contributed by atoms with van der Waals surface area (Å²) in [5, 5.41) is 11.9. The number of hydrogen-bond donors (Lipinski definition) is 2. The zero-order valence-electron chi connectivity index (χ0n) is 14.1. The van der Waals surface area contributed by atoms with Crippen LogP contribution in [0.25, 0.3) is 0 Å². The van der Waals surface area contributed by atoms with E-state index >= 15 is 0 Å². The van der Waals surface area contributed by atoms with Crippen molar-refractivity contribution in [2.45, 2.75) is 20.3 Å². The minimum absolute atomic E-state index is 0.0753. The molecule has 0 spiro atoms. The van der Waals surface area contributed by atoms with Gasteiger partial charge in [0.2, 0.25) is 0 Å². The molecule has 126 valence electrons. The lowest BCUT2D eigenvalue weighted by atomic mass is 9.89. The topological polar surface area (TPSA) is 66.4 Å². The molecule has 0 unspecified atom stereocenters. The number of ketones is 1. The number of aliphatic hydroxyl groups is 1. The van der Waals surface area contributed by atoms with Gasteiger partial charge in [-0.15, -0.1) is 0 Å². The van der Waals surface area contributed by atoms with Crippen molar-refractivity contribution in [1.82, 2.24) is 5.32 Å². The zero-order chi connectivity index (χ0) is 17.6. The van der Waals surface area contributed by atoms with Crippen LogP contribution in [0.15, 0.2) is 54.6 Å². The van der Waals surface area contributed by atoms with Gasteiger partial charge in [-0.05, 0) is 17.9 Å². The SMILES string of the molecule is CC(C)(CCO)CNC(=O)c1ccccc1C(=O)c1ccccc1. The first-order valence-electron chi connectivity index (χ1n) is 8.02. The second kappa shape index (κ2) is 7.88. The number of amides is 1. The molecule has 1 amide bonds. The van der Waals surface area contributed by atoms with Gasteiger partial charge in [-0.3, -0.25) is 9.59 Å². The van der Waals surface area contributed by atoms with Gasteiger partial charge in [0.15, 0.2) is 5.78 Å². The molecular weight excluding hydrogens is 302 g/mol. The van der Waals surface area contributed by atoms with Crippen molar-refractivity contribution >= 4 is 11.7 Å². The molecular formula is C20H23NO3. The van der Waals surface area contributed by atoms with Gasteiger partial charge in [0.25, 0.3) is 5.91 Å². The van der Waals surface area contributed by atoms with E-state index in [1.54, 1.807) is 48.5 Å². The third kappa shape index (κ3) is 4.52. The molecule has 0 aliphatic rings. The van der Waals surface area contributed by atoms with Crippen LogP contribution < -0.4 is 5.32 Å². The number of hydrogen-bond acceptors (Lipinski definition) is 3. The highest BCUT2D eigenvalue weighted by atomic mass is 16.3. The third-order valence-electron chi connectivity index (χ3n) is 3.97. The highest BCUT2D eigenvalue weighted by Gasteiger charge is 2.21. The van der Waals surface area contributed by atoms with E-state index in [4.69, 9.17) is 5.11 Å². The molecule has 0 saturated heterocycles. The van der Waals surface area contributed by atoms with Gasteiger partial charge < -0.3 is 10.4 Å². The van der Waals surface area contributed by atoms with E-state index in [2.05, 4.69) is 5.32 Å². The van der Waals surface area contributed by atoms with Crippen LogP contribution in [0, 0.1) is 5.41 Å². The van der Waals surface area contributed by atoms with Crippen LogP contribution >= 0.6 is 0 Å². The fourth-order valence-corrected chi connectivity index (χ4v) is 2.43. The molecule has 0 aliphatic carbocycles. The van der Waals surface area contributed by atoms with E-state index < -0.39 is 0 Å². The highest BCUT2D eigenvalue weighted by Crippen LogP contribution is 2.19. The van der Waals surface area contributed by atoms with Gasteiger partial charge in [-0.25, -0.2) is 0 Å². The molecule has 2 N–H and O–H groups in total. The Balaban J connectivity index is 2.20. The Kier molecular flexibility index (Phi) is 5.88. The summed E-state index contributed by atoms with van der Waals surface area (Å²) in [6.45, 7) is 4.46. The van der Waals surface area contributed by atoms with E-state index in [-0.39, 0.29) is 23.7 Å². The van der Waals surface area contributed by atoms with Crippen molar-refractivity contribution in [3.63, 3.8) is 0 Å². The summed E-state index contributed by atoms with van der Waals surface area (Å²) in [6.07, 6.45) is 0.595. The van der Waals surface area contributed by atoms with Gasteiger partial charge >= 0.3 is 0 Å². The van der Waals surface area contributed by atoms with Gasteiger partial charge in [0, 0.05) is 24.3 Å². The predicted octanol–water partition coefficient (Wildman–Crippen LogP) is 3.06. The minimum Gasteiger partial charge on any atom is -0.396 e. The monoisotopic (exact) mass is 325 g/mol. The predicted molar refractivity (Wildman–Crippen MR) is 94.1 cm³/mol. The lowest BCUT2D eigenvalue weighted by molar-refractivity contribution is 0.0919. The summed E-state index contributed by atoms with van der Waals surface area (Å²) in [5.74, 6) is -0.447. The molecule has 2 aromatic rings. The van der Waals surface area contributed by atoms with Gasteiger partial charge in [-0.1, -0.05) is 62.4 Å². The molecule has 24 heavy (non-hydrogen) atoms. The average molecular weight is 325 g/mol. The molecule has 0 radical (unpaired) electrons. The third-order valence-corrected chi connectivity index (χ3v) is 3.97. The Morgan fingerprint density at radius 3 is 2.17 bits per heavy atom. The Morgan fingerprint density at radius 2 is 1.54 bits per heavy atom. The van der Waals surface area contributed by atoms with E-state index in [0.29, 0.717) is 29.7 Å². The van der Waals surface area contributed by atoms with Gasteiger partial charge in [0.05, 0.1) is 5.56 Å². The van der Waals surface area contributed by atoms with E-state index in [0.717, 1.165) is 0 Å². The molecule has 0 heterocycles. The second-order valence-corrected chi connectivity index (χ2v) is 6.56. The smallest absolute Gasteiger partial charge is 0.252 e. The van der Waals surface area contributed by atoms with Gasteiger partial charge in [0.1, 0.15) is 0 Å². The molecule has 0 fully saturated rings. The maximum atomic E-state index is 12.7. The first kappa shape index (κ1) is 17.9. The summed E-state index contributed by atoms with van der Waals surface area (Å²) in [7, 11) is 0. The Labute approximate surface area is 142 Å². The van der Waals surface area contributed by atoms with Crippen molar-refractivity contribution in [2.75, 3.05) is 13.2 Å². The molecule has 0 aliphatic heterocycles. The van der Waals surface area contributed by atoms with Crippen molar-refractivity contribution in [3.8, 4) is 0 Å². The highest BCUT2D eigenvalue weighted by molar-refractivity contribution is 6.15. The van der Waals surface area contributed by atoms with Crippen LogP contribution in [0.2, 0.25) is 0 Å². The summed E-state index contributed by atoms with van der Waals surface area (Å²) in [5.41, 5.74) is 1.11. The van der Waals surface area contributed by atoms with Crippen LogP contribution in [0.4, 0.5) is 0 Å². The second-order valence-electron chi connectivity index (χ2n) is 6.56. The minimum atomic E-state index is -0.277. The molecule has 4 heteroatoms. The number of carbonyl (C=O) groups excluding carboxylic acids is 2. The summed E-state index contributed by atoms with van der Waals surface area (Å²) in [6, 6.07) is 15.7.